The van der Waals surface area contributed by atoms with Gasteiger partial charge in [-0.15, -0.1) is 0 Å². The van der Waals surface area contributed by atoms with Gasteiger partial charge in [-0.25, -0.2) is 4.90 Å². The number of halogens is 1. The number of aryl methyl sites for hydroxylation is 1. The number of fused-ring (bicyclic) bond motifs is 7. The maximum Gasteiger partial charge on any atom is 0.271 e. The summed E-state index contributed by atoms with van der Waals surface area (Å²) < 4.78 is 0. The topological polar surface area (TPSA) is 113 Å². The van der Waals surface area contributed by atoms with E-state index in [2.05, 4.69) is 10.2 Å². The second kappa shape index (κ2) is 6.86. The van der Waals surface area contributed by atoms with Crippen LogP contribution in [0.4, 0.5) is 17.1 Å². The van der Waals surface area contributed by atoms with Crippen LogP contribution < -0.4 is 10.2 Å². The van der Waals surface area contributed by atoms with Gasteiger partial charge < -0.3 is 5.32 Å². The molecular formula is C24H21ClN4O5. The zero-order chi connectivity index (χ0) is 24.1. The number of anilines is 2. The van der Waals surface area contributed by atoms with E-state index in [1.807, 2.05) is 26.0 Å². The van der Waals surface area contributed by atoms with Crippen molar-refractivity contribution in [3.63, 3.8) is 0 Å². The maximum atomic E-state index is 14.0. The number of non-ortho nitro benzene ring substituents is 1. The molecule has 174 valence electrons. The van der Waals surface area contributed by atoms with Crippen LogP contribution in [0.25, 0.3) is 0 Å². The molecule has 3 amide bonds. The number of hydrogen-bond acceptors (Lipinski definition) is 6. The number of amides is 3. The van der Waals surface area contributed by atoms with Gasteiger partial charge in [0.15, 0.2) is 0 Å². The highest BCUT2D eigenvalue weighted by atomic mass is 35.5. The van der Waals surface area contributed by atoms with Crippen LogP contribution in [0.5, 0.6) is 0 Å². The highest BCUT2D eigenvalue weighted by Gasteiger charge is 2.74. The van der Waals surface area contributed by atoms with Gasteiger partial charge in [0, 0.05) is 29.4 Å². The van der Waals surface area contributed by atoms with Crippen LogP contribution >= 0.6 is 11.6 Å². The molecule has 3 fully saturated rings. The molecule has 4 heterocycles. The van der Waals surface area contributed by atoms with Crippen LogP contribution in [-0.2, 0) is 19.9 Å². The second-order valence-corrected chi connectivity index (χ2v) is 9.87. The largest absolute Gasteiger partial charge is 0.324 e. The quantitative estimate of drug-likeness (QED) is 0.401. The van der Waals surface area contributed by atoms with Gasteiger partial charge in [0.25, 0.3) is 5.69 Å². The highest BCUT2D eigenvalue weighted by Crippen LogP contribution is 2.61. The fraction of sp³-hybridized carbons (Fsp3) is 0.375. The molecule has 0 saturated carbocycles. The molecule has 0 aliphatic carbocycles. The summed E-state index contributed by atoms with van der Waals surface area (Å²) in [6, 6.07) is 7.27. The van der Waals surface area contributed by atoms with Gasteiger partial charge in [0.05, 0.1) is 27.5 Å². The first-order valence-corrected chi connectivity index (χ1v) is 11.6. The fourth-order valence-electron chi connectivity index (χ4n) is 6.55. The van der Waals surface area contributed by atoms with Crippen molar-refractivity contribution in [2.45, 2.75) is 38.3 Å². The van der Waals surface area contributed by atoms with E-state index in [1.165, 1.54) is 12.1 Å². The van der Waals surface area contributed by atoms with Gasteiger partial charge in [0.1, 0.15) is 5.54 Å². The number of benzene rings is 2. The molecule has 2 aromatic rings. The third-order valence-electron chi connectivity index (χ3n) is 8.08. The van der Waals surface area contributed by atoms with E-state index in [-0.39, 0.29) is 28.3 Å². The maximum absolute atomic E-state index is 14.0. The molecule has 4 atom stereocenters. The summed E-state index contributed by atoms with van der Waals surface area (Å²) >= 11 is 6.31. The van der Waals surface area contributed by atoms with E-state index < -0.39 is 34.1 Å². The number of nitro groups is 1. The number of nitro benzene ring substituents is 1. The van der Waals surface area contributed by atoms with Crippen molar-refractivity contribution in [1.82, 2.24) is 4.90 Å². The summed E-state index contributed by atoms with van der Waals surface area (Å²) in [6.07, 6.45) is 1.53. The molecule has 10 heteroatoms. The van der Waals surface area contributed by atoms with Crippen molar-refractivity contribution < 1.29 is 19.3 Å². The predicted octanol–water partition coefficient (Wildman–Crippen LogP) is 3.30. The Morgan fingerprint density at radius 3 is 2.62 bits per heavy atom. The van der Waals surface area contributed by atoms with Crippen LogP contribution in [0.1, 0.15) is 29.5 Å². The molecule has 1 spiro atoms. The van der Waals surface area contributed by atoms with Crippen molar-refractivity contribution in [3.05, 3.63) is 62.2 Å². The predicted molar refractivity (Wildman–Crippen MR) is 124 cm³/mol. The summed E-state index contributed by atoms with van der Waals surface area (Å²) in [7, 11) is 0. The summed E-state index contributed by atoms with van der Waals surface area (Å²) in [5.41, 5.74) is 2.01. The van der Waals surface area contributed by atoms with Crippen LogP contribution in [0.2, 0.25) is 5.02 Å². The molecule has 4 unspecified atom stereocenters. The zero-order valence-electron chi connectivity index (χ0n) is 18.5. The molecule has 9 nitrogen and oxygen atoms in total. The summed E-state index contributed by atoms with van der Waals surface area (Å²) in [5.74, 6) is -2.79. The molecule has 0 aromatic heterocycles. The molecule has 2 aromatic carbocycles. The van der Waals surface area contributed by atoms with E-state index in [4.69, 9.17) is 11.6 Å². The zero-order valence-corrected chi connectivity index (χ0v) is 19.3. The van der Waals surface area contributed by atoms with Gasteiger partial charge >= 0.3 is 0 Å². The van der Waals surface area contributed by atoms with Gasteiger partial charge in [-0.3, -0.25) is 29.4 Å². The Morgan fingerprint density at radius 1 is 1.15 bits per heavy atom. The Morgan fingerprint density at radius 2 is 1.91 bits per heavy atom. The Hall–Kier alpha value is -3.30. The average Bonchev–Trinajstić information content (AvgIpc) is 3.50. The minimum Gasteiger partial charge on any atom is -0.324 e. The molecule has 4 aliphatic rings. The lowest BCUT2D eigenvalue weighted by molar-refractivity contribution is -0.384. The Labute approximate surface area is 199 Å². The van der Waals surface area contributed by atoms with Crippen LogP contribution in [-0.4, -0.2) is 40.1 Å². The summed E-state index contributed by atoms with van der Waals surface area (Å²) in [4.78, 5) is 55.1. The standard InChI is InChI=1S/C24H21ClN4O5/c1-11-5-7-14-20(12(11)2)26-23(32)24(14)19-18(17-4-3-9-27(17)24)21(30)28(22(19)31)16-8-6-13(29(33)34)10-15(16)25/h5-8,10,17-19H,3-4,9H2,1-2H3,(H,26,32). The Kier molecular flexibility index (Phi) is 4.29. The number of nitrogens with zero attached hydrogens (tertiary/aromatic N) is 3. The Balaban J connectivity index is 1.54. The van der Waals surface area contributed by atoms with Crippen LogP contribution in [0.3, 0.4) is 0 Å². The van der Waals surface area contributed by atoms with Crippen LogP contribution in [0, 0.1) is 35.8 Å². The van der Waals surface area contributed by atoms with E-state index in [1.54, 1.807) is 0 Å². The van der Waals surface area contributed by atoms with Crippen molar-refractivity contribution in [3.8, 4) is 0 Å². The van der Waals surface area contributed by atoms with Crippen molar-refractivity contribution >= 4 is 46.4 Å². The van der Waals surface area contributed by atoms with Gasteiger partial charge in [-0.1, -0.05) is 23.7 Å². The van der Waals surface area contributed by atoms with E-state index in [9.17, 15) is 24.5 Å². The van der Waals surface area contributed by atoms with Crippen LogP contribution in [0.15, 0.2) is 30.3 Å². The van der Waals surface area contributed by atoms with E-state index >= 15 is 0 Å². The van der Waals surface area contributed by atoms with Crippen molar-refractivity contribution in [1.29, 1.82) is 0 Å². The molecule has 0 radical (unpaired) electrons. The molecule has 4 aliphatic heterocycles. The highest BCUT2D eigenvalue weighted by molar-refractivity contribution is 6.36. The lowest BCUT2D eigenvalue weighted by atomic mass is 9.75. The lowest BCUT2D eigenvalue weighted by Crippen LogP contribution is -2.54. The minimum absolute atomic E-state index is 0.0593. The number of imide groups is 1. The first kappa shape index (κ1) is 21.2. The average molecular weight is 481 g/mol. The molecular weight excluding hydrogens is 460 g/mol. The molecule has 34 heavy (non-hydrogen) atoms. The molecule has 0 bridgehead atoms. The monoisotopic (exact) mass is 480 g/mol. The van der Waals surface area contributed by atoms with E-state index in [0.717, 1.165) is 34.1 Å². The number of carbonyl (C=O) groups excluding carboxylic acids is 3. The third kappa shape index (κ3) is 2.35. The first-order valence-electron chi connectivity index (χ1n) is 11.2. The number of nitrogens with one attached hydrogen (secondary N) is 1. The summed E-state index contributed by atoms with van der Waals surface area (Å²) in [6.45, 7) is 4.52. The van der Waals surface area contributed by atoms with Gasteiger partial charge in [-0.2, -0.15) is 0 Å². The second-order valence-electron chi connectivity index (χ2n) is 9.46. The molecule has 3 saturated heterocycles. The summed E-state index contributed by atoms with van der Waals surface area (Å²) in [5, 5.41) is 14.1. The first-order chi connectivity index (χ1) is 16.2. The normalized spacial score (nSPS) is 29.6. The number of hydrogen-bond donors (Lipinski definition) is 1. The van der Waals surface area contributed by atoms with Gasteiger partial charge in [-0.05, 0) is 50.4 Å². The van der Waals surface area contributed by atoms with Gasteiger partial charge in [0.2, 0.25) is 17.7 Å². The fourth-order valence-corrected chi connectivity index (χ4v) is 6.81. The number of carbonyl (C=O) groups is 3. The smallest absolute Gasteiger partial charge is 0.271 e. The van der Waals surface area contributed by atoms with Crippen molar-refractivity contribution in [2.75, 3.05) is 16.8 Å². The van der Waals surface area contributed by atoms with E-state index in [0.29, 0.717) is 18.7 Å². The minimum atomic E-state index is -1.27. The number of rotatable bonds is 2. The lowest BCUT2D eigenvalue weighted by Gasteiger charge is -2.36. The SMILES string of the molecule is Cc1ccc2c(c1C)NC(=O)C21C2C(=O)N(c3ccc([N+](=O)[O-])cc3Cl)C(=O)C2C2CCCN21. The third-order valence-corrected chi connectivity index (χ3v) is 8.38. The molecule has 6 rings (SSSR count). The molecule has 1 N–H and O–H groups in total. The Bertz CT molecular complexity index is 1340. The van der Waals surface area contributed by atoms with Crippen molar-refractivity contribution in [2.24, 2.45) is 11.8 Å².